The molecular weight excluding hydrogens is 459 g/mol. The molecule has 2 heterocycles. The maximum atomic E-state index is 16.1. The molecule has 0 unspecified atom stereocenters. The summed E-state index contributed by atoms with van der Waals surface area (Å²) in [6.45, 7) is 5.82. The molecule has 1 aliphatic carbocycles. The molecule has 1 saturated carbocycles. The molecule has 0 spiro atoms. The highest BCUT2D eigenvalue weighted by Crippen LogP contribution is 2.56. The van der Waals surface area contributed by atoms with E-state index >= 15 is 4.39 Å². The Hall–Kier alpha value is -3.33. The SMILES string of the molecule is COCC(C)(C)c1c(C2CC(C)(C(=O)O)C2)c2c(F)c3[nH]ncc3cc2n1-c1ccc(F)c(F)c1. The van der Waals surface area contributed by atoms with Crippen LogP contribution < -0.4 is 0 Å². The van der Waals surface area contributed by atoms with Gasteiger partial charge in [-0.25, -0.2) is 13.2 Å². The predicted octanol–water partition coefficient (Wildman–Crippen LogP) is 5.82. The summed E-state index contributed by atoms with van der Waals surface area (Å²) in [6.07, 6.45) is 2.16. The maximum absolute atomic E-state index is 16.1. The van der Waals surface area contributed by atoms with Crippen molar-refractivity contribution >= 4 is 27.8 Å². The summed E-state index contributed by atoms with van der Waals surface area (Å²) < 4.78 is 51.6. The van der Waals surface area contributed by atoms with E-state index < -0.39 is 34.3 Å². The largest absolute Gasteiger partial charge is 0.481 e. The summed E-state index contributed by atoms with van der Waals surface area (Å²) in [7, 11) is 1.56. The minimum absolute atomic E-state index is 0.234. The van der Waals surface area contributed by atoms with Gasteiger partial charge in [-0.05, 0) is 49.4 Å². The van der Waals surface area contributed by atoms with Gasteiger partial charge in [0.1, 0.15) is 5.52 Å². The van der Waals surface area contributed by atoms with E-state index in [9.17, 15) is 18.7 Å². The molecule has 4 aromatic rings. The van der Waals surface area contributed by atoms with Crippen LogP contribution in [0.25, 0.3) is 27.5 Å². The normalized spacial score (nSPS) is 20.5. The van der Waals surface area contributed by atoms with Crippen LogP contribution in [0, 0.1) is 22.9 Å². The van der Waals surface area contributed by atoms with E-state index in [1.807, 2.05) is 13.8 Å². The minimum atomic E-state index is -1.02. The number of halogens is 3. The monoisotopic (exact) mass is 485 g/mol. The van der Waals surface area contributed by atoms with Gasteiger partial charge in [0.05, 0.1) is 23.7 Å². The second-order valence-corrected chi connectivity index (χ2v) is 10.4. The smallest absolute Gasteiger partial charge is 0.309 e. The number of carbonyl (C=O) groups is 1. The number of nitrogens with zero attached hydrogens (tertiary/aromatic N) is 2. The first kappa shape index (κ1) is 23.4. The standard InChI is InChI=1S/C26H26F3N3O3/c1-25(2,12-35-4)23-19(14-9-26(3,10-14)24(33)34)20-18(7-13-11-30-31-22(13)21(20)29)32(23)15-5-6-16(27)17(28)8-15/h5-8,11,14H,9-10,12H2,1-4H3,(H,30,31)(H,33,34). The Bertz CT molecular complexity index is 1480. The van der Waals surface area contributed by atoms with Crippen LogP contribution >= 0.6 is 0 Å². The zero-order valence-corrected chi connectivity index (χ0v) is 19.9. The zero-order valence-electron chi connectivity index (χ0n) is 19.9. The van der Waals surface area contributed by atoms with Gasteiger partial charge in [0.2, 0.25) is 0 Å². The molecule has 9 heteroatoms. The van der Waals surface area contributed by atoms with Crippen molar-refractivity contribution in [2.24, 2.45) is 5.41 Å². The van der Waals surface area contributed by atoms with E-state index in [1.165, 1.54) is 12.3 Å². The lowest BCUT2D eigenvalue weighted by Crippen LogP contribution is -2.41. The number of aromatic nitrogens is 3. The third-order valence-corrected chi connectivity index (χ3v) is 7.27. The van der Waals surface area contributed by atoms with Crippen molar-refractivity contribution < 1.29 is 27.8 Å². The maximum Gasteiger partial charge on any atom is 0.309 e. The number of carboxylic acid groups (broad SMARTS) is 1. The van der Waals surface area contributed by atoms with E-state index in [0.717, 1.165) is 12.1 Å². The average Bonchev–Trinajstić information content (AvgIpc) is 3.37. The number of methoxy groups -OCH3 is 1. The minimum Gasteiger partial charge on any atom is -0.481 e. The Balaban J connectivity index is 1.91. The molecule has 35 heavy (non-hydrogen) atoms. The fourth-order valence-electron chi connectivity index (χ4n) is 5.62. The highest BCUT2D eigenvalue weighted by Gasteiger charge is 2.50. The highest BCUT2D eigenvalue weighted by atomic mass is 19.2. The number of carboxylic acids is 1. The zero-order chi connectivity index (χ0) is 25.3. The van der Waals surface area contributed by atoms with Gasteiger partial charge in [-0.2, -0.15) is 5.10 Å². The second kappa shape index (κ2) is 7.84. The van der Waals surface area contributed by atoms with Gasteiger partial charge in [-0.3, -0.25) is 9.89 Å². The Labute approximate surface area is 199 Å². The number of aliphatic carboxylic acids is 1. The third kappa shape index (κ3) is 3.43. The van der Waals surface area contributed by atoms with Crippen LogP contribution in [0.2, 0.25) is 0 Å². The Kier molecular flexibility index (Phi) is 5.25. The van der Waals surface area contributed by atoms with Crippen LogP contribution in [-0.4, -0.2) is 39.6 Å². The molecule has 0 saturated heterocycles. The number of ether oxygens (including phenoxy) is 1. The summed E-state index contributed by atoms with van der Waals surface area (Å²) in [6, 6.07) is 5.35. The molecular formula is C26H26F3N3O3. The molecule has 184 valence electrons. The molecule has 5 rings (SSSR count). The van der Waals surface area contributed by atoms with Crippen LogP contribution in [-0.2, 0) is 14.9 Å². The number of hydrogen-bond acceptors (Lipinski definition) is 3. The average molecular weight is 486 g/mol. The molecule has 2 N–H and O–H groups in total. The fourth-order valence-corrected chi connectivity index (χ4v) is 5.62. The lowest BCUT2D eigenvalue weighted by Gasteiger charge is -2.43. The van der Waals surface area contributed by atoms with Crippen molar-refractivity contribution in [1.82, 2.24) is 14.8 Å². The van der Waals surface area contributed by atoms with Crippen molar-refractivity contribution in [2.45, 2.75) is 44.9 Å². The van der Waals surface area contributed by atoms with Crippen molar-refractivity contribution in [3.63, 3.8) is 0 Å². The van der Waals surface area contributed by atoms with Gasteiger partial charge >= 0.3 is 5.97 Å². The molecule has 6 nitrogen and oxygen atoms in total. The Morgan fingerprint density at radius 2 is 1.97 bits per heavy atom. The Morgan fingerprint density at radius 3 is 2.60 bits per heavy atom. The number of H-pyrrole nitrogens is 1. The van der Waals surface area contributed by atoms with Crippen LogP contribution in [0.5, 0.6) is 0 Å². The molecule has 1 fully saturated rings. The van der Waals surface area contributed by atoms with Crippen LogP contribution in [0.3, 0.4) is 0 Å². The summed E-state index contributed by atoms with van der Waals surface area (Å²) in [5.41, 5.74) is 0.789. The molecule has 2 aromatic carbocycles. The number of fused-ring (bicyclic) bond motifs is 2. The topological polar surface area (TPSA) is 80.1 Å². The van der Waals surface area contributed by atoms with Gasteiger partial charge in [0, 0.05) is 40.7 Å². The van der Waals surface area contributed by atoms with Crippen LogP contribution in [0.15, 0.2) is 30.5 Å². The summed E-state index contributed by atoms with van der Waals surface area (Å²) in [5.74, 6) is -3.65. The van der Waals surface area contributed by atoms with E-state index in [2.05, 4.69) is 10.2 Å². The van der Waals surface area contributed by atoms with E-state index in [4.69, 9.17) is 4.74 Å². The van der Waals surface area contributed by atoms with Gasteiger partial charge in [-0.1, -0.05) is 13.8 Å². The molecule has 0 aliphatic heterocycles. The van der Waals surface area contributed by atoms with Crippen molar-refractivity contribution in [3.05, 3.63) is 59.2 Å². The summed E-state index contributed by atoms with van der Waals surface area (Å²) >= 11 is 0. The quantitative estimate of drug-likeness (QED) is 0.361. The number of rotatable bonds is 6. The molecule has 0 amide bonds. The summed E-state index contributed by atoms with van der Waals surface area (Å²) in [4.78, 5) is 11.8. The highest BCUT2D eigenvalue weighted by molar-refractivity contribution is 6.00. The van der Waals surface area contributed by atoms with E-state index in [1.54, 1.807) is 24.7 Å². The van der Waals surface area contributed by atoms with Crippen LogP contribution in [0.1, 0.15) is 50.8 Å². The van der Waals surface area contributed by atoms with Crippen molar-refractivity contribution in [2.75, 3.05) is 13.7 Å². The second-order valence-electron chi connectivity index (χ2n) is 10.4. The van der Waals surface area contributed by atoms with E-state index in [-0.39, 0.29) is 18.0 Å². The van der Waals surface area contributed by atoms with Gasteiger partial charge < -0.3 is 14.4 Å². The third-order valence-electron chi connectivity index (χ3n) is 7.27. The molecule has 2 aromatic heterocycles. The molecule has 0 atom stereocenters. The van der Waals surface area contributed by atoms with Crippen molar-refractivity contribution in [3.8, 4) is 5.69 Å². The first-order chi connectivity index (χ1) is 16.5. The number of nitrogens with one attached hydrogen (secondary N) is 1. The molecule has 0 radical (unpaired) electrons. The van der Waals surface area contributed by atoms with E-state index in [0.29, 0.717) is 46.1 Å². The molecule has 1 aliphatic rings. The number of benzene rings is 2. The van der Waals surface area contributed by atoms with Crippen molar-refractivity contribution in [1.29, 1.82) is 0 Å². The predicted molar refractivity (Wildman–Crippen MR) is 125 cm³/mol. The van der Waals surface area contributed by atoms with Gasteiger partial charge in [0.15, 0.2) is 17.5 Å². The van der Waals surface area contributed by atoms with Crippen LogP contribution in [0.4, 0.5) is 13.2 Å². The number of hydrogen-bond donors (Lipinski definition) is 2. The lowest BCUT2D eigenvalue weighted by molar-refractivity contribution is -0.154. The summed E-state index contributed by atoms with van der Waals surface area (Å²) in [5, 5.41) is 17.2. The van der Waals surface area contributed by atoms with Gasteiger partial charge in [0.25, 0.3) is 0 Å². The van der Waals surface area contributed by atoms with Gasteiger partial charge in [-0.15, -0.1) is 0 Å². The lowest BCUT2D eigenvalue weighted by atomic mass is 9.60. The first-order valence-electron chi connectivity index (χ1n) is 11.4. The fraction of sp³-hybridized carbons (Fsp3) is 0.385. The number of aromatic amines is 1. The Morgan fingerprint density at radius 1 is 1.26 bits per heavy atom. The molecule has 0 bridgehead atoms. The first-order valence-corrected chi connectivity index (χ1v) is 11.4.